The van der Waals surface area contributed by atoms with Crippen LogP contribution in [0.3, 0.4) is 0 Å². The summed E-state index contributed by atoms with van der Waals surface area (Å²) in [5.74, 6) is -0.613. The molecule has 3 aromatic carbocycles. The van der Waals surface area contributed by atoms with Crippen LogP contribution in [0.2, 0.25) is 0 Å². The Kier molecular flexibility index (Phi) is 5.30. The number of hydrogen-bond acceptors (Lipinski definition) is 5. The normalized spacial score (nSPS) is 18.6. The van der Waals surface area contributed by atoms with Crippen molar-refractivity contribution in [1.82, 2.24) is 4.98 Å². The third-order valence-corrected chi connectivity index (χ3v) is 6.96. The molecular weight excluding hydrogens is 468 g/mol. The minimum Gasteiger partial charge on any atom is -0.507 e. The first kappa shape index (κ1) is 22.9. The highest BCUT2D eigenvalue weighted by Gasteiger charge is 2.48. The van der Waals surface area contributed by atoms with Gasteiger partial charge in [-0.25, -0.2) is 0 Å². The number of para-hydroxylation sites is 1. The molecule has 1 atom stereocenters. The predicted octanol–water partition coefficient (Wildman–Crippen LogP) is 5.49. The van der Waals surface area contributed by atoms with Gasteiger partial charge in [0.05, 0.1) is 11.6 Å². The number of aromatic amines is 1. The summed E-state index contributed by atoms with van der Waals surface area (Å²) >= 11 is 0. The number of ketones is 1. The van der Waals surface area contributed by atoms with Gasteiger partial charge in [0.15, 0.2) is 11.5 Å². The highest BCUT2D eigenvalue weighted by atomic mass is 16.6. The molecule has 7 heteroatoms. The number of ether oxygens (including phenoxy) is 2. The summed E-state index contributed by atoms with van der Waals surface area (Å²) in [5, 5.41) is 12.5. The quantitative estimate of drug-likeness (QED) is 0.223. The van der Waals surface area contributed by atoms with Gasteiger partial charge in [-0.1, -0.05) is 24.3 Å². The first-order valence-electron chi connectivity index (χ1n) is 12.2. The van der Waals surface area contributed by atoms with Crippen LogP contribution in [0.1, 0.15) is 34.0 Å². The second-order valence-corrected chi connectivity index (χ2v) is 9.58. The summed E-state index contributed by atoms with van der Waals surface area (Å²) < 4.78 is 11.3. The lowest BCUT2D eigenvalue weighted by Gasteiger charge is -2.26. The molecule has 0 bridgehead atoms. The molecule has 2 aliphatic heterocycles. The van der Waals surface area contributed by atoms with E-state index >= 15 is 0 Å². The number of nitrogens with zero attached hydrogens (tertiary/aromatic N) is 1. The minimum absolute atomic E-state index is 0.0358. The van der Waals surface area contributed by atoms with E-state index in [-0.39, 0.29) is 11.3 Å². The molecule has 3 heterocycles. The van der Waals surface area contributed by atoms with Crippen LogP contribution >= 0.6 is 0 Å². The van der Waals surface area contributed by atoms with Crippen molar-refractivity contribution >= 4 is 34.0 Å². The summed E-state index contributed by atoms with van der Waals surface area (Å²) in [6, 6.07) is 17.7. The van der Waals surface area contributed by atoms with Crippen molar-refractivity contribution in [2.45, 2.75) is 26.8 Å². The van der Waals surface area contributed by atoms with Crippen LogP contribution in [0.15, 0.2) is 66.2 Å². The van der Waals surface area contributed by atoms with E-state index < -0.39 is 17.7 Å². The number of aliphatic hydroxyl groups is 1. The van der Waals surface area contributed by atoms with Gasteiger partial charge < -0.3 is 19.6 Å². The molecule has 0 spiro atoms. The second kappa shape index (κ2) is 8.55. The summed E-state index contributed by atoms with van der Waals surface area (Å²) in [6.45, 7) is 6.66. The Hall–Kier alpha value is -4.52. The van der Waals surface area contributed by atoms with E-state index in [4.69, 9.17) is 9.47 Å². The molecule has 1 aromatic heterocycles. The number of anilines is 1. The monoisotopic (exact) mass is 494 g/mol. The van der Waals surface area contributed by atoms with Crippen LogP contribution in [0.5, 0.6) is 11.5 Å². The van der Waals surface area contributed by atoms with Gasteiger partial charge in [0.1, 0.15) is 19.0 Å². The van der Waals surface area contributed by atoms with E-state index in [2.05, 4.69) is 4.98 Å². The van der Waals surface area contributed by atoms with Gasteiger partial charge in [0, 0.05) is 33.4 Å². The number of rotatable bonds is 3. The first-order chi connectivity index (χ1) is 17.8. The number of aliphatic hydroxyl groups excluding tert-OH is 1. The molecule has 0 radical (unpaired) electrons. The van der Waals surface area contributed by atoms with Crippen molar-refractivity contribution in [2.75, 3.05) is 18.1 Å². The maximum atomic E-state index is 13.6. The van der Waals surface area contributed by atoms with Gasteiger partial charge >= 0.3 is 0 Å². The van der Waals surface area contributed by atoms with Gasteiger partial charge in [-0.3, -0.25) is 14.5 Å². The largest absolute Gasteiger partial charge is 0.507 e. The van der Waals surface area contributed by atoms with Crippen molar-refractivity contribution in [2.24, 2.45) is 0 Å². The number of amides is 1. The van der Waals surface area contributed by atoms with Crippen LogP contribution in [-0.2, 0) is 9.59 Å². The predicted molar refractivity (Wildman–Crippen MR) is 141 cm³/mol. The lowest BCUT2D eigenvalue weighted by molar-refractivity contribution is -0.132. The fraction of sp³-hybridized carbons (Fsp3) is 0.200. The molecule has 37 heavy (non-hydrogen) atoms. The van der Waals surface area contributed by atoms with Crippen LogP contribution in [-0.4, -0.2) is 35.0 Å². The van der Waals surface area contributed by atoms with E-state index in [1.165, 1.54) is 4.90 Å². The molecule has 186 valence electrons. The van der Waals surface area contributed by atoms with Crippen molar-refractivity contribution in [3.05, 3.63) is 94.2 Å². The van der Waals surface area contributed by atoms with E-state index in [1.54, 1.807) is 18.2 Å². The van der Waals surface area contributed by atoms with Crippen molar-refractivity contribution in [3.8, 4) is 11.5 Å². The number of benzene rings is 3. The third kappa shape index (κ3) is 3.66. The van der Waals surface area contributed by atoms with Crippen LogP contribution in [0.25, 0.3) is 16.7 Å². The molecule has 0 saturated carbocycles. The first-order valence-corrected chi connectivity index (χ1v) is 12.2. The number of H-pyrrole nitrogens is 1. The van der Waals surface area contributed by atoms with Crippen LogP contribution < -0.4 is 14.4 Å². The molecule has 1 unspecified atom stereocenters. The molecule has 2 N–H and O–H groups in total. The molecular formula is C30H26N2O5. The van der Waals surface area contributed by atoms with E-state index in [0.717, 1.165) is 33.3 Å². The molecule has 1 fully saturated rings. The molecule has 1 saturated heterocycles. The topological polar surface area (TPSA) is 91.9 Å². The SMILES string of the molecule is Cc1cc(C)cc(N2C(=O)C(=O)/C(=C(/O)c3ccc4c(c3)OCCO4)C2c2c(C)[nH]c3ccccc23)c1. The van der Waals surface area contributed by atoms with Gasteiger partial charge in [0.2, 0.25) is 0 Å². The maximum Gasteiger partial charge on any atom is 0.300 e. The Balaban J connectivity index is 1.62. The van der Waals surface area contributed by atoms with Gasteiger partial charge in [-0.05, 0) is 68.3 Å². The third-order valence-electron chi connectivity index (χ3n) is 6.96. The summed E-state index contributed by atoms with van der Waals surface area (Å²) in [7, 11) is 0. The Morgan fingerprint density at radius 1 is 0.919 bits per heavy atom. The average molecular weight is 495 g/mol. The van der Waals surface area contributed by atoms with E-state index in [9.17, 15) is 14.7 Å². The number of nitrogens with one attached hydrogen (secondary N) is 1. The number of fused-ring (bicyclic) bond motifs is 2. The molecule has 7 nitrogen and oxygen atoms in total. The van der Waals surface area contributed by atoms with E-state index in [0.29, 0.717) is 36.0 Å². The fourth-order valence-electron chi connectivity index (χ4n) is 5.46. The van der Waals surface area contributed by atoms with Crippen molar-refractivity contribution in [3.63, 3.8) is 0 Å². The highest BCUT2D eigenvalue weighted by Crippen LogP contribution is 2.46. The Morgan fingerprint density at radius 2 is 1.62 bits per heavy atom. The number of aromatic nitrogens is 1. The fourth-order valence-corrected chi connectivity index (χ4v) is 5.46. The van der Waals surface area contributed by atoms with Crippen LogP contribution in [0.4, 0.5) is 5.69 Å². The Labute approximate surface area is 213 Å². The standard InChI is InChI=1S/C30H26N2O5/c1-16-12-17(2)14-20(13-16)32-27(25-18(3)31-22-7-5-4-6-21(22)25)26(29(34)30(32)35)28(33)19-8-9-23-24(15-19)37-11-10-36-23/h4-9,12-15,27,31,33H,10-11H2,1-3H3/b28-26+. The number of carbonyl (C=O) groups is 2. The van der Waals surface area contributed by atoms with Gasteiger partial charge in [0.25, 0.3) is 11.7 Å². The summed E-state index contributed by atoms with van der Waals surface area (Å²) in [4.78, 5) is 32.2. The smallest absolute Gasteiger partial charge is 0.300 e. The summed E-state index contributed by atoms with van der Waals surface area (Å²) in [6.07, 6.45) is 0. The molecule has 1 amide bonds. The Morgan fingerprint density at radius 3 is 2.38 bits per heavy atom. The minimum atomic E-state index is -0.828. The summed E-state index contributed by atoms with van der Waals surface area (Å²) in [5.41, 5.74) is 5.44. The zero-order valence-electron chi connectivity index (χ0n) is 20.8. The molecule has 6 rings (SSSR count). The van der Waals surface area contributed by atoms with Gasteiger partial charge in [-0.2, -0.15) is 0 Å². The maximum absolute atomic E-state index is 13.6. The van der Waals surface area contributed by atoms with Crippen LogP contribution in [0, 0.1) is 20.8 Å². The number of Topliss-reactive ketones (excluding diaryl/α,β-unsaturated/α-hetero) is 1. The van der Waals surface area contributed by atoms with Crippen molar-refractivity contribution in [1.29, 1.82) is 0 Å². The number of carbonyl (C=O) groups excluding carboxylic acids is 2. The molecule has 4 aromatic rings. The zero-order chi connectivity index (χ0) is 25.8. The van der Waals surface area contributed by atoms with E-state index in [1.807, 2.05) is 63.2 Å². The number of hydrogen-bond donors (Lipinski definition) is 2. The van der Waals surface area contributed by atoms with Crippen molar-refractivity contribution < 1.29 is 24.2 Å². The Bertz CT molecular complexity index is 1610. The average Bonchev–Trinajstić information content (AvgIpc) is 3.34. The lowest BCUT2D eigenvalue weighted by Crippen LogP contribution is -2.29. The van der Waals surface area contributed by atoms with Gasteiger partial charge in [-0.15, -0.1) is 0 Å². The lowest BCUT2D eigenvalue weighted by atomic mass is 9.93. The zero-order valence-corrected chi connectivity index (χ0v) is 20.8. The molecule has 0 aliphatic carbocycles. The molecule has 2 aliphatic rings. The second-order valence-electron chi connectivity index (χ2n) is 9.58. The highest BCUT2D eigenvalue weighted by molar-refractivity contribution is 6.52. The number of aryl methyl sites for hydroxylation is 3.